The number of aromatic nitrogens is 3. The quantitative estimate of drug-likeness (QED) is 0.880. The number of pyridine rings is 1. The van der Waals surface area contributed by atoms with Crippen LogP contribution in [0.2, 0.25) is 0 Å². The highest BCUT2D eigenvalue weighted by atomic mass is 16.5. The van der Waals surface area contributed by atoms with E-state index in [4.69, 9.17) is 4.74 Å². The third-order valence-corrected chi connectivity index (χ3v) is 3.38. The fourth-order valence-electron chi connectivity index (χ4n) is 2.25. The van der Waals surface area contributed by atoms with E-state index >= 15 is 0 Å². The Morgan fingerprint density at radius 2 is 2.18 bits per heavy atom. The SMILES string of the molecule is O=C(NCc1cccnc1)[C@H]1CN(c2ncccn2)CCO1. The standard InChI is InChI=1S/C15H17N5O2/c21-14(19-10-12-3-1-4-16-9-12)13-11-20(7-8-22-13)15-17-5-2-6-18-15/h1-6,9,13H,7-8,10-11H2,(H,19,21)/t13-/m1/s1. The lowest BCUT2D eigenvalue weighted by molar-refractivity contribution is -0.133. The van der Waals surface area contributed by atoms with Gasteiger partial charge in [-0.2, -0.15) is 0 Å². The predicted octanol–water partition coefficient (Wildman–Crippen LogP) is 0.393. The Bertz CT molecular complexity index is 608. The first kappa shape index (κ1) is 14.4. The molecule has 1 amide bonds. The van der Waals surface area contributed by atoms with Crippen molar-refractivity contribution in [3.63, 3.8) is 0 Å². The minimum absolute atomic E-state index is 0.135. The second kappa shape index (κ2) is 6.95. The van der Waals surface area contributed by atoms with Crippen molar-refractivity contribution in [2.45, 2.75) is 12.6 Å². The Balaban J connectivity index is 1.56. The molecule has 0 bridgehead atoms. The molecule has 1 saturated heterocycles. The van der Waals surface area contributed by atoms with Gasteiger partial charge in [-0.05, 0) is 17.7 Å². The Kier molecular flexibility index (Phi) is 4.55. The van der Waals surface area contributed by atoms with Gasteiger partial charge in [0.15, 0.2) is 6.10 Å². The van der Waals surface area contributed by atoms with Gasteiger partial charge >= 0.3 is 0 Å². The molecule has 1 aliphatic rings. The number of carbonyl (C=O) groups is 1. The summed E-state index contributed by atoms with van der Waals surface area (Å²) in [6, 6.07) is 5.52. The number of hydrogen-bond acceptors (Lipinski definition) is 6. The number of carbonyl (C=O) groups excluding carboxylic acids is 1. The minimum atomic E-state index is -0.519. The number of hydrogen-bond donors (Lipinski definition) is 1. The molecular formula is C15H17N5O2. The molecule has 0 aliphatic carbocycles. The van der Waals surface area contributed by atoms with Crippen LogP contribution in [-0.2, 0) is 16.1 Å². The van der Waals surface area contributed by atoms with Gasteiger partial charge in [0.2, 0.25) is 5.95 Å². The molecule has 1 N–H and O–H groups in total. The lowest BCUT2D eigenvalue weighted by Crippen LogP contribution is -2.50. The summed E-state index contributed by atoms with van der Waals surface area (Å²) in [5.74, 6) is 0.486. The van der Waals surface area contributed by atoms with E-state index in [0.29, 0.717) is 32.2 Å². The van der Waals surface area contributed by atoms with E-state index < -0.39 is 6.10 Å². The number of nitrogens with one attached hydrogen (secondary N) is 1. The first-order valence-corrected chi connectivity index (χ1v) is 7.13. The second-order valence-electron chi connectivity index (χ2n) is 4.93. The van der Waals surface area contributed by atoms with Gasteiger partial charge in [-0.3, -0.25) is 9.78 Å². The van der Waals surface area contributed by atoms with Crippen LogP contribution in [0.5, 0.6) is 0 Å². The largest absolute Gasteiger partial charge is 0.365 e. The zero-order valence-electron chi connectivity index (χ0n) is 12.1. The molecule has 0 spiro atoms. The van der Waals surface area contributed by atoms with Crippen LogP contribution < -0.4 is 10.2 Å². The molecule has 0 aromatic carbocycles. The van der Waals surface area contributed by atoms with Crippen LogP contribution in [0, 0.1) is 0 Å². The van der Waals surface area contributed by atoms with Crippen LogP contribution in [-0.4, -0.2) is 46.7 Å². The van der Waals surface area contributed by atoms with Gasteiger partial charge in [0, 0.05) is 37.9 Å². The number of rotatable bonds is 4. The van der Waals surface area contributed by atoms with E-state index in [0.717, 1.165) is 5.56 Å². The van der Waals surface area contributed by atoms with Crippen LogP contribution in [0.1, 0.15) is 5.56 Å². The normalized spacial score (nSPS) is 18.0. The summed E-state index contributed by atoms with van der Waals surface area (Å²) in [5, 5.41) is 2.87. The molecule has 0 radical (unpaired) electrons. The number of ether oxygens (including phenoxy) is 1. The van der Waals surface area contributed by atoms with E-state index in [9.17, 15) is 4.79 Å². The number of anilines is 1. The fourth-order valence-corrected chi connectivity index (χ4v) is 2.25. The average Bonchev–Trinajstić information content (AvgIpc) is 2.61. The fraction of sp³-hybridized carbons (Fsp3) is 0.333. The summed E-state index contributed by atoms with van der Waals surface area (Å²) >= 11 is 0. The third-order valence-electron chi connectivity index (χ3n) is 3.38. The Labute approximate surface area is 128 Å². The maximum absolute atomic E-state index is 12.2. The Hall–Kier alpha value is -2.54. The highest BCUT2D eigenvalue weighted by Crippen LogP contribution is 2.12. The summed E-state index contributed by atoms with van der Waals surface area (Å²) in [5.41, 5.74) is 0.954. The molecule has 1 fully saturated rings. The molecule has 22 heavy (non-hydrogen) atoms. The smallest absolute Gasteiger partial charge is 0.251 e. The lowest BCUT2D eigenvalue weighted by Gasteiger charge is -2.32. The van der Waals surface area contributed by atoms with Gasteiger partial charge in [0.05, 0.1) is 13.2 Å². The van der Waals surface area contributed by atoms with E-state index in [-0.39, 0.29) is 5.91 Å². The molecule has 2 aromatic heterocycles. The number of amides is 1. The molecule has 3 rings (SSSR count). The molecule has 1 aliphatic heterocycles. The van der Waals surface area contributed by atoms with Crippen LogP contribution in [0.3, 0.4) is 0 Å². The number of nitrogens with zero attached hydrogens (tertiary/aromatic N) is 4. The molecule has 2 aromatic rings. The first-order chi connectivity index (χ1) is 10.8. The zero-order chi connectivity index (χ0) is 15.2. The van der Waals surface area contributed by atoms with Crippen LogP contribution in [0.4, 0.5) is 5.95 Å². The Morgan fingerprint density at radius 1 is 1.32 bits per heavy atom. The van der Waals surface area contributed by atoms with E-state index in [1.165, 1.54) is 0 Å². The summed E-state index contributed by atoms with van der Waals surface area (Å²) < 4.78 is 5.56. The molecule has 0 saturated carbocycles. The van der Waals surface area contributed by atoms with Crippen LogP contribution >= 0.6 is 0 Å². The van der Waals surface area contributed by atoms with E-state index in [1.54, 1.807) is 30.9 Å². The van der Waals surface area contributed by atoms with Crippen molar-refractivity contribution in [1.82, 2.24) is 20.3 Å². The predicted molar refractivity (Wildman–Crippen MR) is 80.1 cm³/mol. The molecule has 7 heteroatoms. The van der Waals surface area contributed by atoms with Gasteiger partial charge < -0.3 is 15.0 Å². The van der Waals surface area contributed by atoms with Crippen molar-refractivity contribution < 1.29 is 9.53 Å². The molecule has 114 valence electrons. The summed E-state index contributed by atoms with van der Waals surface area (Å²) in [6.45, 7) is 2.04. The van der Waals surface area contributed by atoms with E-state index in [2.05, 4.69) is 20.3 Å². The topological polar surface area (TPSA) is 80.2 Å². The first-order valence-electron chi connectivity index (χ1n) is 7.13. The molecular weight excluding hydrogens is 282 g/mol. The highest BCUT2D eigenvalue weighted by molar-refractivity contribution is 5.81. The van der Waals surface area contributed by atoms with E-state index in [1.807, 2.05) is 17.0 Å². The maximum atomic E-state index is 12.2. The summed E-state index contributed by atoms with van der Waals surface area (Å²) in [6.07, 6.45) is 6.29. The maximum Gasteiger partial charge on any atom is 0.251 e. The average molecular weight is 299 g/mol. The third kappa shape index (κ3) is 3.56. The Morgan fingerprint density at radius 3 is 2.95 bits per heavy atom. The zero-order valence-corrected chi connectivity index (χ0v) is 12.1. The molecule has 3 heterocycles. The lowest BCUT2D eigenvalue weighted by atomic mass is 10.2. The summed E-state index contributed by atoms with van der Waals surface area (Å²) in [7, 11) is 0. The monoisotopic (exact) mass is 299 g/mol. The van der Waals surface area contributed by atoms with Crippen molar-refractivity contribution >= 4 is 11.9 Å². The molecule has 7 nitrogen and oxygen atoms in total. The van der Waals surface area contributed by atoms with Crippen LogP contribution in [0.25, 0.3) is 0 Å². The minimum Gasteiger partial charge on any atom is -0.365 e. The van der Waals surface area contributed by atoms with Crippen molar-refractivity contribution in [2.24, 2.45) is 0 Å². The molecule has 1 atom stereocenters. The van der Waals surface area contributed by atoms with Gasteiger partial charge in [0.25, 0.3) is 5.91 Å². The van der Waals surface area contributed by atoms with Crippen molar-refractivity contribution in [1.29, 1.82) is 0 Å². The number of morpholine rings is 1. The second-order valence-corrected chi connectivity index (χ2v) is 4.93. The van der Waals surface area contributed by atoms with Gasteiger partial charge in [-0.25, -0.2) is 9.97 Å². The van der Waals surface area contributed by atoms with Gasteiger partial charge in [-0.15, -0.1) is 0 Å². The van der Waals surface area contributed by atoms with Crippen molar-refractivity contribution in [2.75, 3.05) is 24.6 Å². The molecule has 0 unspecified atom stereocenters. The van der Waals surface area contributed by atoms with Crippen molar-refractivity contribution in [3.05, 3.63) is 48.5 Å². The van der Waals surface area contributed by atoms with Gasteiger partial charge in [0.1, 0.15) is 0 Å². The summed E-state index contributed by atoms with van der Waals surface area (Å²) in [4.78, 5) is 26.6. The van der Waals surface area contributed by atoms with Gasteiger partial charge in [-0.1, -0.05) is 6.07 Å². The van der Waals surface area contributed by atoms with Crippen molar-refractivity contribution in [3.8, 4) is 0 Å². The highest BCUT2D eigenvalue weighted by Gasteiger charge is 2.27. The van der Waals surface area contributed by atoms with Crippen LogP contribution in [0.15, 0.2) is 43.0 Å².